The summed E-state index contributed by atoms with van der Waals surface area (Å²) in [6, 6.07) is 9.35. The van der Waals surface area contributed by atoms with E-state index in [1.165, 1.54) is 25.1 Å². The van der Waals surface area contributed by atoms with E-state index in [-0.39, 0.29) is 23.0 Å². The first-order valence-electron chi connectivity index (χ1n) is 8.74. The molecule has 0 radical (unpaired) electrons. The molecule has 4 nitrogen and oxygen atoms in total. The fraction of sp³-hybridized carbons (Fsp3) is 0.333. The molecule has 0 spiro atoms. The Bertz CT molecular complexity index is 842. The van der Waals surface area contributed by atoms with Crippen molar-refractivity contribution in [3.8, 4) is 16.9 Å². The number of aliphatic carboxylic acids is 1. The molecule has 0 aromatic heterocycles. The lowest BCUT2D eigenvalue weighted by Crippen LogP contribution is -2.13. The zero-order chi connectivity index (χ0) is 18.8. The van der Waals surface area contributed by atoms with E-state index in [0.29, 0.717) is 29.5 Å². The Morgan fingerprint density at radius 2 is 1.96 bits per heavy atom. The van der Waals surface area contributed by atoms with Gasteiger partial charge in [-0.05, 0) is 61.1 Å². The first-order chi connectivity index (χ1) is 12.4. The van der Waals surface area contributed by atoms with Crippen molar-refractivity contribution in [3.05, 3.63) is 53.3 Å². The van der Waals surface area contributed by atoms with Crippen molar-refractivity contribution in [1.29, 1.82) is 0 Å². The number of hydrogen-bond donors (Lipinski definition) is 2. The summed E-state index contributed by atoms with van der Waals surface area (Å²) < 4.78 is 14.9. The average Bonchev–Trinajstić information content (AvgIpc) is 2.99. The van der Waals surface area contributed by atoms with E-state index >= 15 is 0 Å². The summed E-state index contributed by atoms with van der Waals surface area (Å²) in [5.74, 6) is -2.51. The molecule has 1 aliphatic carbocycles. The molecule has 0 saturated heterocycles. The van der Waals surface area contributed by atoms with Crippen molar-refractivity contribution < 1.29 is 24.2 Å². The summed E-state index contributed by atoms with van der Waals surface area (Å²) >= 11 is 0. The predicted molar refractivity (Wildman–Crippen MR) is 95.6 cm³/mol. The normalized spacial score (nSPS) is 18.1. The van der Waals surface area contributed by atoms with Crippen LogP contribution in [-0.4, -0.2) is 22.0 Å². The van der Waals surface area contributed by atoms with Gasteiger partial charge in [0.25, 0.3) is 0 Å². The van der Waals surface area contributed by atoms with E-state index < -0.39 is 17.7 Å². The van der Waals surface area contributed by atoms with E-state index in [1.54, 1.807) is 18.2 Å². The summed E-state index contributed by atoms with van der Waals surface area (Å²) in [4.78, 5) is 23.4. The van der Waals surface area contributed by atoms with Gasteiger partial charge in [0.2, 0.25) is 0 Å². The van der Waals surface area contributed by atoms with E-state index in [4.69, 9.17) is 0 Å². The van der Waals surface area contributed by atoms with Gasteiger partial charge in [-0.2, -0.15) is 0 Å². The van der Waals surface area contributed by atoms with Gasteiger partial charge in [-0.25, -0.2) is 4.39 Å². The largest absolute Gasteiger partial charge is 0.508 e. The summed E-state index contributed by atoms with van der Waals surface area (Å²) in [5, 5.41) is 18.9. The van der Waals surface area contributed by atoms with E-state index in [0.717, 1.165) is 12.8 Å². The van der Waals surface area contributed by atoms with Gasteiger partial charge >= 0.3 is 5.97 Å². The van der Waals surface area contributed by atoms with Gasteiger partial charge in [-0.1, -0.05) is 18.2 Å². The maximum absolute atomic E-state index is 14.9. The van der Waals surface area contributed by atoms with Crippen LogP contribution in [0.5, 0.6) is 5.75 Å². The molecule has 2 N–H and O–H groups in total. The molecule has 0 aliphatic heterocycles. The van der Waals surface area contributed by atoms with Crippen LogP contribution in [-0.2, 0) is 16.0 Å². The van der Waals surface area contributed by atoms with Crippen LogP contribution in [0.2, 0.25) is 0 Å². The molecule has 3 rings (SSSR count). The zero-order valence-electron chi connectivity index (χ0n) is 14.5. The molecule has 0 amide bonds. The van der Waals surface area contributed by atoms with E-state index in [2.05, 4.69) is 0 Å². The topological polar surface area (TPSA) is 74.6 Å². The second kappa shape index (κ2) is 7.28. The number of halogens is 1. The lowest BCUT2D eigenvalue weighted by molar-refractivity contribution is -0.138. The molecule has 2 aromatic rings. The molecule has 1 aliphatic rings. The standard InChI is InChI=1S/C21H21FO4/c1-12(21(25)26)20-17(14-5-7-16(23)8-6-14)10-13(11-18(20)22)9-15-3-2-4-19(15)24/h5-8,10-12,15,23H,2-4,9H2,1H3,(H,25,26). The predicted octanol–water partition coefficient (Wildman–Crippen LogP) is 4.30. The number of carbonyl (C=O) groups is 2. The first-order valence-corrected chi connectivity index (χ1v) is 8.74. The highest BCUT2D eigenvalue weighted by atomic mass is 19.1. The minimum atomic E-state index is -1.11. The molecule has 1 saturated carbocycles. The van der Waals surface area contributed by atoms with Crippen molar-refractivity contribution in [2.45, 2.75) is 38.5 Å². The number of hydrogen-bond acceptors (Lipinski definition) is 3. The van der Waals surface area contributed by atoms with Gasteiger partial charge in [0.1, 0.15) is 17.3 Å². The number of benzene rings is 2. The van der Waals surface area contributed by atoms with Crippen LogP contribution in [0.3, 0.4) is 0 Å². The minimum Gasteiger partial charge on any atom is -0.508 e. The van der Waals surface area contributed by atoms with Crippen LogP contribution in [0, 0.1) is 11.7 Å². The third kappa shape index (κ3) is 3.62. The van der Waals surface area contributed by atoms with Crippen molar-refractivity contribution >= 4 is 11.8 Å². The Morgan fingerprint density at radius 3 is 2.54 bits per heavy atom. The number of carboxylic acids is 1. The maximum Gasteiger partial charge on any atom is 0.310 e. The molecule has 136 valence electrons. The Labute approximate surface area is 151 Å². The van der Waals surface area contributed by atoms with Gasteiger partial charge in [0.05, 0.1) is 5.92 Å². The number of carboxylic acid groups (broad SMARTS) is 1. The Morgan fingerprint density at radius 1 is 1.27 bits per heavy atom. The van der Waals surface area contributed by atoms with E-state index in [1.807, 2.05) is 0 Å². The van der Waals surface area contributed by atoms with Crippen LogP contribution < -0.4 is 0 Å². The molecule has 1 fully saturated rings. The lowest BCUT2D eigenvalue weighted by atomic mass is 9.87. The molecular formula is C21H21FO4. The van der Waals surface area contributed by atoms with Crippen molar-refractivity contribution in [2.24, 2.45) is 5.92 Å². The highest BCUT2D eigenvalue weighted by Crippen LogP contribution is 2.35. The molecule has 2 unspecified atom stereocenters. The van der Waals surface area contributed by atoms with Crippen molar-refractivity contribution in [3.63, 3.8) is 0 Å². The summed E-state index contributed by atoms with van der Waals surface area (Å²) in [6.45, 7) is 1.45. The lowest BCUT2D eigenvalue weighted by Gasteiger charge is -2.18. The van der Waals surface area contributed by atoms with Crippen molar-refractivity contribution in [2.75, 3.05) is 0 Å². The second-order valence-corrected chi connectivity index (χ2v) is 6.91. The highest BCUT2D eigenvalue weighted by molar-refractivity contribution is 5.84. The fourth-order valence-corrected chi connectivity index (χ4v) is 3.62. The Balaban J connectivity index is 2.08. The van der Waals surface area contributed by atoms with Crippen LogP contribution in [0.1, 0.15) is 43.2 Å². The second-order valence-electron chi connectivity index (χ2n) is 6.91. The number of carbonyl (C=O) groups excluding carboxylic acids is 1. The minimum absolute atomic E-state index is 0.0785. The summed E-state index contributed by atoms with van der Waals surface area (Å²) in [5.41, 5.74) is 1.92. The number of Topliss-reactive ketones (excluding diaryl/α,β-unsaturated/α-hetero) is 1. The Kier molecular flexibility index (Phi) is 5.07. The number of rotatable bonds is 5. The first kappa shape index (κ1) is 18.1. The van der Waals surface area contributed by atoms with Gasteiger partial charge in [0, 0.05) is 17.9 Å². The van der Waals surface area contributed by atoms with Gasteiger partial charge in [-0.15, -0.1) is 0 Å². The highest BCUT2D eigenvalue weighted by Gasteiger charge is 2.27. The van der Waals surface area contributed by atoms with E-state index in [9.17, 15) is 24.2 Å². The number of phenolic OH excluding ortho intramolecular Hbond substituents is 1. The maximum atomic E-state index is 14.9. The smallest absolute Gasteiger partial charge is 0.310 e. The molecular weight excluding hydrogens is 335 g/mol. The average molecular weight is 356 g/mol. The van der Waals surface area contributed by atoms with Crippen LogP contribution >= 0.6 is 0 Å². The molecule has 2 aromatic carbocycles. The SMILES string of the molecule is CC(C(=O)O)c1c(F)cc(CC2CCCC2=O)cc1-c1ccc(O)cc1. The van der Waals surface area contributed by atoms with Gasteiger partial charge in [0.15, 0.2) is 0 Å². The fourth-order valence-electron chi connectivity index (χ4n) is 3.62. The van der Waals surface area contributed by atoms with Gasteiger partial charge in [-0.3, -0.25) is 9.59 Å². The van der Waals surface area contributed by atoms with Gasteiger partial charge < -0.3 is 10.2 Å². The molecule has 0 heterocycles. The Hall–Kier alpha value is -2.69. The summed E-state index contributed by atoms with van der Waals surface area (Å²) in [7, 11) is 0. The third-order valence-corrected chi connectivity index (χ3v) is 5.08. The molecule has 5 heteroatoms. The molecule has 0 bridgehead atoms. The third-order valence-electron chi connectivity index (χ3n) is 5.08. The number of phenols is 1. The van der Waals surface area contributed by atoms with Crippen LogP contribution in [0.4, 0.5) is 4.39 Å². The summed E-state index contributed by atoms with van der Waals surface area (Å²) in [6.07, 6.45) is 2.71. The quantitative estimate of drug-likeness (QED) is 0.838. The zero-order valence-corrected chi connectivity index (χ0v) is 14.5. The van der Waals surface area contributed by atoms with Crippen LogP contribution in [0.15, 0.2) is 36.4 Å². The molecule has 2 atom stereocenters. The van der Waals surface area contributed by atoms with Crippen molar-refractivity contribution in [1.82, 2.24) is 0 Å². The monoisotopic (exact) mass is 356 g/mol. The molecule has 26 heavy (non-hydrogen) atoms. The number of ketones is 1. The number of aromatic hydroxyl groups is 1. The van der Waals surface area contributed by atoms with Crippen LogP contribution in [0.25, 0.3) is 11.1 Å².